The van der Waals surface area contributed by atoms with Crippen molar-refractivity contribution < 1.29 is 21.5 Å². The molecule has 1 aromatic carbocycles. The van der Waals surface area contributed by atoms with Gasteiger partial charge in [0, 0.05) is 18.6 Å². The molecule has 3 N–H and O–H groups in total. The van der Waals surface area contributed by atoms with E-state index in [1.807, 2.05) is 0 Å². The first kappa shape index (κ1) is 16.0. The third-order valence-electron chi connectivity index (χ3n) is 2.40. The molecule has 0 saturated heterocycles. The maximum atomic E-state index is 11.4. The lowest BCUT2D eigenvalue weighted by molar-refractivity contribution is 0.315. The van der Waals surface area contributed by atoms with Gasteiger partial charge in [-0.3, -0.25) is 0 Å². The normalized spacial score (nSPS) is 12.7. The molecule has 9 nitrogen and oxygen atoms in total. The van der Waals surface area contributed by atoms with Crippen LogP contribution in [-0.4, -0.2) is 45.7 Å². The van der Waals surface area contributed by atoms with Crippen molar-refractivity contribution >= 4 is 46.4 Å². The van der Waals surface area contributed by atoms with Crippen LogP contribution >= 0.6 is 10.8 Å². The number of nitrogens with zero attached hydrogens (tertiary/aromatic N) is 2. The second kappa shape index (κ2) is 5.79. The monoisotopic (exact) mass is 352 g/mol. The average molecular weight is 352 g/mol. The Morgan fingerprint density at radius 1 is 1.24 bits per heavy atom. The highest BCUT2D eigenvalue weighted by atomic mass is 33.1. The number of hydrogen-bond donors (Lipinski definition) is 2. The Labute approximate surface area is 124 Å². The average Bonchev–Trinajstić information content (AvgIpc) is 2.80. The number of hydrogen-bond acceptors (Lipinski definition) is 9. The molecule has 2 rings (SSSR count). The summed E-state index contributed by atoms with van der Waals surface area (Å²) in [6.07, 6.45) is 1.12. The maximum absolute atomic E-state index is 11.4. The summed E-state index contributed by atoms with van der Waals surface area (Å²) in [6.45, 7) is 0.342. The second-order valence-electron chi connectivity index (χ2n) is 4.07. The van der Waals surface area contributed by atoms with E-state index in [1.54, 1.807) is 0 Å². The van der Waals surface area contributed by atoms with Crippen molar-refractivity contribution in [2.75, 3.05) is 23.9 Å². The Bertz CT molecular complexity index is 859. The number of sulfonamides is 1. The molecule has 0 saturated carbocycles. The lowest BCUT2D eigenvalue weighted by Gasteiger charge is -2.06. The number of nitrogens with two attached hydrogens (primary N) is 1. The summed E-state index contributed by atoms with van der Waals surface area (Å²) in [6, 6.07) is 2.76. The molecule has 0 aliphatic carbocycles. The van der Waals surface area contributed by atoms with Gasteiger partial charge in [0.25, 0.3) is 0 Å². The predicted octanol–water partition coefficient (Wildman–Crippen LogP) is -0.0251. The number of primary sulfonamides is 1. The molecule has 0 bridgehead atoms. The summed E-state index contributed by atoms with van der Waals surface area (Å²) in [5, 5.41) is 15.2. The van der Waals surface area contributed by atoms with E-state index in [0.717, 1.165) is 17.0 Å². The molecular formula is C9H12N4O5S3. The topological polar surface area (TPSA) is 145 Å². The van der Waals surface area contributed by atoms with Crippen molar-refractivity contribution in [3.05, 3.63) is 12.1 Å². The zero-order valence-electron chi connectivity index (χ0n) is 10.8. The molecule has 0 aliphatic rings. The first-order chi connectivity index (χ1) is 9.68. The van der Waals surface area contributed by atoms with Gasteiger partial charge in [0.05, 0.1) is 5.69 Å². The maximum Gasteiger partial charge on any atom is 0.240 e. The highest BCUT2D eigenvalue weighted by Crippen LogP contribution is 2.26. The fourth-order valence-corrected chi connectivity index (χ4v) is 3.90. The fraction of sp³-hybridized carbons (Fsp3) is 0.333. The molecule has 0 spiro atoms. The van der Waals surface area contributed by atoms with Gasteiger partial charge < -0.3 is 5.32 Å². The van der Waals surface area contributed by atoms with Gasteiger partial charge in [-0.1, -0.05) is 0 Å². The summed E-state index contributed by atoms with van der Waals surface area (Å²) in [4.78, 5) is -0.185. The number of rotatable bonds is 6. The van der Waals surface area contributed by atoms with Gasteiger partial charge in [-0.2, -0.15) is 0 Å². The van der Waals surface area contributed by atoms with Crippen LogP contribution in [0.4, 0.5) is 5.69 Å². The van der Waals surface area contributed by atoms with Crippen molar-refractivity contribution in [2.45, 2.75) is 4.90 Å². The van der Waals surface area contributed by atoms with Crippen LogP contribution in [0.25, 0.3) is 11.0 Å². The number of nitrogens with one attached hydrogen (secondary N) is 1. The summed E-state index contributed by atoms with van der Waals surface area (Å²) in [5.74, 6) is 0.322. The summed E-state index contributed by atoms with van der Waals surface area (Å²) in [7, 11) is -6.23. The third kappa shape index (κ3) is 4.06. The molecule has 0 aliphatic heterocycles. The van der Waals surface area contributed by atoms with Crippen molar-refractivity contribution in [3.8, 4) is 0 Å². The zero-order valence-corrected chi connectivity index (χ0v) is 13.3. The van der Waals surface area contributed by atoms with Crippen LogP contribution in [0.2, 0.25) is 0 Å². The van der Waals surface area contributed by atoms with Crippen molar-refractivity contribution in [3.63, 3.8) is 0 Å². The van der Waals surface area contributed by atoms with Crippen LogP contribution < -0.4 is 10.5 Å². The lowest BCUT2D eigenvalue weighted by Crippen LogP contribution is -2.13. The minimum Gasteiger partial charge on any atom is -0.382 e. The number of fused-ring (bicyclic) bond motifs is 1. The Morgan fingerprint density at radius 2 is 1.90 bits per heavy atom. The summed E-state index contributed by atoms with van der Waals surface area (Å²) < 4.78 is 49.3. The van der Waals surface area contributed by atoms with E-state index in [9.17, 15) is 16.8 Å². The van der Waals surface area contributed by atoms with Gasteiger partial charge in [0.15, 0.2) is 19.9 Å². The van der Waals surface area contributed by atoms with Gasteiger partial charge >= 0.3 is 0 Å². The highest BCUT2D eigenvalue weighted by Gasteiger charge is 2.19. The van der Waals surface area contributed by atoms with Gasteiger partial charge in [0.1, 0.15) is 4.90 Å². The molecule has 12 heteroatoms. The van der Waals surface area contributed by atoms with E-state index in [1.165, 1.54) is 12.1 Å². The van der Waals surface area contributed by atoms with Crippen molar-refractivity contribution in [1.82, 2.24) is 10.3 Å². The van der Waals surface area contributed by atoms with Gasteiger partial charge in [0.2, 0.25) is 10.0 Å². The summed E-state index contributed by atoms with van der Waals surface area (Å²) >= 11 is 0. The molecule has 116 valence electrons. The van der Waals surface area contributed by atoms with Crippen LogP contribution in [0.15, 0.2) is 21.7 Å². The molecule has 1 aromatic heterocycles. The van der Waals surface area contributed by atoms with E-state index in [2.05, 4.69) is 20.3 Å². The third-order valence-corrected chi connectivity index (χ3v) is 5.93. The molecule has 0 atom stereocenters. The van der Waals surface area contributed by atoms with E-state index in [0.29, 0.717) is 18.0 Å². The fourth-order valence-electron chi connectivity index (χ4n) is 1.59. The van der Waals surface area contributed by atoms with Crippen LogP contribution in [0.1, 0.15) is 0 Å². The van der Waals surface area contributed by atoms with Gasteiger partial charge in [-0.05, 0) is 33.2 Å². The van der Waals surface area contributed by atoms with Crippen molar-refractivity contribution in [2.24, 2.45) is 5.14 Å². The first-order valence-electron chi connectivity index (χ1n) is 5.55. The Balaban J connectivity index is 2.21. The smallest absolute Gasteiger partial charge is 0.240 e. The quantitative estimate of drug-likeness (QED) is 0.540. The van der Waals surface area contributed by atoms with Crippen LogP contribution in [0.3, 0.4) is 0 Å². The Morgan fingerprint density at radius 3 is 2.52 bits per heavy atom. The zero-order chi connectivity index (χ0) is 15.7. The molecule has 0 amide bonds. The Kier molecular flexibility index (Phi) is 4.41. The molecule has 0 radical (unpaired) electrons. The number of benzene rings is 1. The second-order valence-corrected chi connectivity index (χ2v) is 10.2. The molecule has 2 aromatic rings. The lowest BCUT2D eigenvalue weighted by atomic mass is 10.2. The minimum atomic E-state index is -3.93. The minimum absolute atomic E-state index is 0.0262. The predicted molar refractivity (Wildman–Crippen MR) is 79.0 cm³/mol. The van der Waals surface area contributed by atoms with Crippen LogP contribution in [0.5, 0.6) is 0 Å². The largest absolute Gasteiger partial charge is 0.382 e. The Hall–Kier alpha value is -1.37. The standard InChI is InChI=1S/C9H12N4O5S3/c1-20(14,15)19-5-4-11-6-2-3-7(21(10,16)17)9-8(6)12-18-13-9/h2-3,11H,4-5H2,1H3,(H2,10,16,17). The van der Waals surface area contributed by atoms with Gasteiger partial charge in [-0.25, -0.2) is 26.6 Å². The van der Waals surface area contributed by atoms with E-state index >= 15 is 0 Å². The van der Waals surface area contributed by atoms with Crippen LogP contribution in [0, 0.1) is 0 Å². The molecular weight excluding hydrogens is 340 g/mol. The number of aromatic nitrogens is 2. The molecule has 1 heterocycles. The van der Waals surface area contributed by atoms with Crippen molar-refractivity contribution in [1.29, 1.82) is 0 Å². The molecule has 0 unspecified atom stereocenters. The number of anilines is 1. The van der Waals surface area contributed by atoms with Crippen LogP contribution in [-0.2, 0) is 18.9 Å². The molecule has 0 fully saturated rings. The highest BCUT2D eigenvalue weighted by molar-refractivity contribution is 8.71. The van der Waals surface area contributed by atoms with Gasteiger partial charge in [-0.15, -0.1) is 0 Å². The first-order valence-corrected chi connectivity index (χ1v) is 10.5. The SMILES string of the molecule is CS(=O)(=O)SCCNc1ccc(S(N)(=O)=O)c2nonc12. The van der Waals surface area contributed by atoms with E-state index in [-0.39, 0.29) is 15.9 Å². The summed E-state index contributed by atoms with van der Waals surface area (Å²) in [5.41, 5.74) is 0.719. The van der Waals surface area contributed by atoms with E-state index in [4.69, 9.17) is 5.14 Å². The molecule has 21 heavy (non-hydrogen) atoms. The van der Waals surface area contributed by atoms with E-state index < -0.39 is 18.9 Å².